The molecule has 0 spiro atoms. The highest BCUT2D eigenvalue weighted by Crippen LogP contribution is 2.26. The zero-order chi connectivity index (χ0) is 26.5. The summed E-state index contributed by atoms with van der Waals surface area (Å²) in [5, 5.41) is 0.823. The molecule has 3 heterocycles. The molecule has 0 bridgehead atoms. The number of thioether (sulfide) groups is 1. The molecule has 2 aromatic carbocycles. The number of amides is 1. The Morgan fingerprint density at radius 2 is 1.58 bits per heavy atom. The lowest BCUT2D eigenvalue weighted by Gasteiger charge is -2.37. The monoisotopic (exact) mass is 556 g/mol. The summed E-state index contributed by atoms with van der Waals surface area (Å²) in [6.07, 6.45) is 0. The van der Waals surface area contributed by atoms with Crippen LogP contribution in [0.3, 0.4) is 0 Å². The predicted octanol–water partition coefficient (Wildman–Crippen LogP) is 4.05. The van der Waals surface area contributed by atoms with Crippen molar-refractivity contribution in [2.75, 3.05) is 79.9 Å². The van der Waals surface area contributed by atoms with E-state index < -0.39 is 0 Å². The molecule has 2 aliphatic heterocycles. The second-order valence-corrected chi connectivity index (χ2v) is 10.4. The maximum atomic E-state index is 14.2. The lowest BCUT2D eigenvalue weighted by atomic mass is 10.2. The van der Waals surface area contributed by atoms with E-state index in [4.69, 9.17) is 16.3 Å². The minimum absolute atomic E-state index is 0.0630. The van der Waals surface area contributed by atoms with Crippen LogP contribution in [0.2, 0.25) is 5.15 Å². The first-order valence-corrected chi connectivity index (χ1v) is 13.9. The largest absolute Gasteiger partial charge is 0.497 e. The minimum Gasteiger partial charge on any atom is -0.497 e. The van der Waals surface area contributed by atoms with Gasteiger partial charge < -0.3 is 24.3 Å². The van der Waals surface area contributed by atoms with E-state index >= 15 is 0 Å². The van der Waals surface area contributed by atoms with Gasteiger partial charge >= 0.3 is 0 Å². The van der Waals surface area contributed by atoms with Gasteiger partial charge in [-0.1, -0.05) is 35.5 Å². The van der Waals surface area contributed by atoms with Crippen LogP contribution in [0, 0.1) is 5.82 Å². The molecule has 5 rings (SSSR count). The Kier molecular flexibility index (Phi) is 8.38. The number of para-hydroxylation sites is 1. The van der Waals surface area contributed by atoms with Crippen molar-refractivity contribution in [3.05, 3.63) is 65.6 Å². The molecule has 2 aliphatic rings. The molecule has 38 heavy (non-hydrogen) atoms. The molecule has 1 amide bonds. The maximum Gasteiger partial charge on any atom is 0.233 e. The zero-order valence-corrected chi connectivity index (χ0v) is 22.8. The third kappa shape index (κ3) is 6.24. The summed E-state index contributed by atoms with van der Waals surface area (Å²) in [6.45, 7) is 5.60. The standard InChI is InChI=1S/C27H30ClFN6O2S/c1-37-21-8-6-20(7-9-21)32-10-16-35(17-11-32)26(36)19-38-27-30-24(28)18-25(31-27)34-14-12-33(13-15-34)23-5-3-2-4-22(23)29/h2-9,18H,10-17,19H2,1H3. The van der Waals surface area contributed by atoms with Crippen molar-refractivity contribution in [2.24, 2.45) is 0 Å². The summed E-state index contributed by atoms with van der Waals surface area (Å²) >= 11 is 7.62. The Hall–Kier alpha value is -3.24. The summed E-state index contributed by atoms with van der Waals surface area (Å²) in [4.78, 5) is 30.2. The van der Waals surface area contributed by atoms with Crippen molar-refractivity contribution < 1.29 is 13.9 Å². The van der Waals surface area contributed by atoms with Crippen LogP contribution in [0.4, 0.5) is 21.6 Å². The van der Waals surface area contributed by atoms with E-state index in [1.807, 2.05) is 40.1 Å². The normalized spacial score (nSPS) is 16.1. The molecule has 0 unspecified atom stereocenters. The van der Waals surface area contributed by atoms with Crippen molar-refractivity contribution >= 4 is 46.5 Å². The number of rotatable bonds is 7. The fourth-order valence-electron chi connectivity index (χ4n) is 4.72. The molecule has 0 N–H and O–H groups in total. The molecule has 0 aliphatic carbocycles. The van der Waals surface area contributed by atoms with Crippen LogP contribution < -0.4 is 19.4 Å². The van der Waals surface area contributed by atoms with Gasteiger partial charge in [0.1, 0.15) is 22.5 Å². The molecule has 11 heteroatoms. The second-order valence-electron chi connectivity index (χ2n) is 9.11. The number of anilines is 3. The molecule has 1 aromatic heterocycles. The fraction of sp³-hybridized carbons (Fsp3) is 0.370. The first kappa shape index (κ1) is 26.4. The summed E-state index contributed by atoms with van der Waals surface area (Å²) in [6, 6.07) is 16.6. The molecule has 2 saturated heterocycles. The van der Waals surface area contributed by atoms with Crippen LogP contribution in [0.15, 0.2) is 59.8 Å². The van der Waals surface area contributed by atoms with Crippen LogP contribution in [-0.2, 0) is 4.79 Å². The van der Waals surface area contributed by atoms with Gasteiger partial charge in [0.05, 0.1) is 18.6 Å². The van der Waals surface area contributed by atoms with Gasteiger partial charge in [-0.3, -0.25) is 4.79 Å². The number of benzene rings is 2. The molecule has 0 radical (unpaired) electrons. The average Bonchev–Trinajstić information content (AvgIpc) is 2.96. The molecular weight excluding hydrogens is 527 g/mol. The molecule has 3 aromatic rings. The van der Waals surface area contributed by atoms with Crippen molar-refractivity contribution in [2.45, 2.75) is 5.16 Å². The summed E-state index contributed by atoms with van der Waals surface area (Å²) in [5.74, 6) is 1.66. The number of hydrogen-bond acceptors (Lipinski definition) is 8. The SMILES string of the molecule is COc1ccc(N2CCN(C(=O)CSc3nc(Cl)cc(N4CCN(c5ccccc5F)CC4)n3)CC2)cc1. The van der Waals surface area contributed by atoms with Gasteiger partial charge in [-0.05, 0) is 36.4 Å². The van der Waals surface area contributed by atoms with Crippen LogP contribution in [0.1, 0.15) is 0 Å². The number of hydrogen-bond donors (Lipinski definition) is 0. The Morgan fingerprint density at radius 3 is 2.26 bits per heavy atom. The van der Waals surface area contributed by atoms with E-state index in [-0.39, 0.29) is 17.5 Å². The average molecular weight is 557 g/mol. The smallest absolute Gasteiger partial charge is 0.233 e. The van der Waals surface area contributed by atoms with E-state index in [2.05, 4.69) is 19.8 Å². The molecule has 0 saturated carbocycles. The number of carbonyl (C=O) groups is 1. The van der Waals surface area contributed by atoms with Crippen molar-refractivity contribution in [1.82, 2.24) is 14.9 Å². The van der Waals surface area contributed by atoms with Gasteiger partial charge in [-0.2, -0.15) is 0 Å². The number of piperazine rings is 2. The van der Waals surface area contributed by atoms with Crippen LogP contribution >= 0.6 is 23.4 Å². The van der Waals surface area contributed by atoms with Gasteiger partial charge in [-0.25, -0.2) is 14.4 Å². The highest BCUT2D eigenvalue weighted by molar-refractivity contribution is 7.99. The maximum absolute atomic E-state index is 14.2. The second kappa shape index (κ2) is 12.1. The summed E-state index contributed by atoms with van der Waals surface area (Å²) < 4.78 is 19.4. The van der Waals surface area contributed by atoms with Crippen LogP contribution in [0.25, 0.3) is 0 Å². The molecule has 8 nitrogen and oxygen atoms in total. The zero-order valence-electron chi connectivity index (χ0n) is 21.2. The van der Waals surface area contributed by atoms with E-state index in [1.54, 1.807) is 25.3 Å². The van der Waals surface area contributed by atoms with Gasteiger partial charge in [-0.15, -0.1) is 0 Å². The van der Waals surface area contributed by atoms with Crippen molar-refractivity contribution in [1.29, 1.82) is 0 Å². The number of halogens is 2. The number of aromatic nitrogens is 2. The van der Waals surface area contributed by atoms with Crippen LogP contribution in [-0.4, -0.2) is 86.0 Å². The first-order valence-electron chi connectivity index (χ1n) is 12.6. The van der Waals surface area contributed by atoms with E-state index in [9.17, 15) is 9.18 Å². The van der Waals surface area contributed by atoms with Crippen LogP contribution in [0.5, 0.6) is 5.75 Å². The molecule has 200 valence electrons. The number of methoxy groups -OCH3 is 1. The third-order valence-electron chi connectivity index (χ3n) is 6.85. The molecule has 0 atom stereocenters. The number of carbonyl (C=O) groups excluding carboxylic acids is 1. The van der Waals surface area contributed by atoms with Gasteiger partial charge in [0.2, 0.25) is 5.91 Å². The quantitative estimate of drug-likeness (QED) is 0.245. The van der Waals surface area contributed by atoms with E-state index in [1.165, 1.54) is 17.8 Å². The molecule has 2 fully saturated rings. The highest BCUT2D eigenvalue weighted by Gasteiger charge is 2.23. The Morgan fingerprint density at radius 1 is 0.921 bits per heavy atom. The van der Waals surface area contributed by atoms with Crippen molar-refractivity contribution in [3.8, 4) is 5.75 Å². The minimum atomic E-state index is -0.212. The van der Waals surface area contributed by atoms with Gasteiger partial charge in [0, 0.05) is 64.1 Å². The van der Waals surface area contributed by atoms with E-state index in [0.29, 0.717) is 55.3 Å². The number of ether oxygens (including phenoxy) is 1. The topological polar surface area (TPSA) is 65.0 Å². The highest BCUT2D eigenvalue weighted by atomic mass is 35.5. The summed E-state index contributed by atoms with van der Waals surface area (Å²) in [5.41, 5.74) is 1.74. The summed E-state index contributed by atoms with van der Waals surface area (Å²) in [7, 11) is 1.66. The molecular formula is C27H30ClFN6O2S. The lowest BCUT2D eigenvalue weighted by Crippen LogP contribution is -2.49. The van der Waals surface area contributed by atoms with Gasteiger partial charge in [0.25, 0.3) is 0 Å². The van der Waals surface area contributed by atoms with E-state index in [0.717, 1.165) is 30.3 Å². The van der Waals surface area contributed by atoms with Gasteiger partial charge in [0.15, 0.2) is 5.16 Å². The lowest BCUT2D eigenvalue weighted by molar-refractivity contribution is -0.128. The Labute approximate surface area is 231 Å². The fourth-order valence-corrected chi connectivity index (χ4v) is 5.71. The number of nitrogens with zero attached hydrogens (tertiary/aromatic N) is 6. The Bertz CT molecular complexity index is 1250. The third-order valence-corrected chi connectivity index (χ3v) is 7.88. The first-order chi connectivity index (χ1) is 18.5. The Balaban J connectivity index is 1.12. The van der Waals surface area contributed by atoms with Crippen molar-refractivity contribution in [3.63, 3.8) is 0 Å². The predicted molar refractivity (Wildman–Crippen MR) is 150 cm³/mol.